The monoisotopic (exact) mass is 318 g/mol. The van der Waals surface area contributed by atoms with Crippen LogP contribution in [-0.4, -0.2) is 50.2 Å². The summed E-state index contributed by atoms with van der Waals surface area (Å²) in [4.78, 5) is 14.1. The van der Waals surface area contributed by atoms with E-state index < -0.39 is 0 Å². The van der Waals surface area contributed by atoms with E-state index in [1.165, 1.54) is 12.8 Å². The highest BCUT2D eigenvalue weighted by Gasteiger charge is 2.24. The van der Waals surface area contributed by atoms with E-state index in [1.54, 1.807) is 4.90 Å². The number of fused-ring (bicyclic) bond motifs is 1. The van der Waals surface area contributed by atoms with E-state index in [0.717, 1.165) is 31.0 Å². The molecule has 2 heterocycles. The van der Waals surface area contributed by atoms with Gasteiger partial charge in [-0.1, -0.05) is 12.1 Å². The normalized spacial score (nSPS) is 21.0. The number of nitrogens with zero attached hydrogens (tertiary/aromatic N) is 1. The van der Waals surface area contributed by atoms with Gasteiger partial charge in [-0.3, -0.25) is 4.79 Å². The predicted octanol–water partition coefficient (Wildman–Crippen LogP) is 2.06. The molecule has 0 radical (unpaired) electrons. The van der Waals surface area contributed by atoms with Gasteiger partial charge in [0.05, 0.1) is 6.54 Å². The van der Waals surface area contributed by atoms with Gasteiger partial charge in [-0.2, -0.15) is 0 Å². The van der Waals surface area contributed by atoms with Gasteiger partial charge in [0.15, 0.2) is 17.6 Å². The summed E-state index contributed by atoms with van der Waals surface area (Å²) in [5.74, 6) is 2.43. The lowest BCUT2D eigenvalue weighted by Crippen LogP contribution is -2.42. The highest BCUT2D eigenvalue weighted by atomic mass is 16.6. The van der Waals surface area contributed by atoms with Crippen LogP contribution in [0.4, 0.5) is 0 Å². The van der Waals surface area contributed by atoms with Crippen molar-refractivity contribution in [3.8, 4) is 11.5 Å². The van der Waals surface area contributed by atoms with Gasteiger partial charge in [-0.25, -0.2) is 0 Å². The Balaban J connectivity index is 1.43. The average molecular weight is 318 g/mol. The quantitative estimate of drug-likeness (QED) is 0.903. The molecule has 126 valence electrons. The molecule has 1 amide bonds. The summed E-state index contributed by atoms with van der Waals surface area (Å²) in [6, 6.07) is 7.66. The molecule has 1 saturated heterocycles. The van der Waals surface area contributed by atoms with Crippen LogP contribution in [0.25, 0.3) is 0 Å². The summed E-state index contributed by atoms with van der Waals surface area (Å²) >= 11 is 0. The minimum absolute atomic E-state index is 0.0993. The first-order valence-electron chi connectivity index (χ1n) is 8.55. The average Bonchev–Trinajstić information content (AvgIpc) is 2.60. The van der Waals surface area contributed by atoms with Crippen LogP contribution >= 0.6 is 0 Å². The number of para-hydroxylation sites is 2. The number of hydrogen-bond donors (Lipinski definition) is 1. The van der Waals surface area contributed by atoms with Crippen LogP contribution in [0.15, 0.2) is 24.3 Å². The minimum atomic E-state index is -0.0993. The molecule has 0 bridgehead atoms. The van der Waals surface area contributed by atoms with E-state index in [9.17, 15) is 4.79 Å². The second kappa shape index (κ2) is 7.68. The van der Waals surface area contributed by atoms with Gasteiger partial charge < -0.3 is 19.7 Å². The van der Waals surface area contributed by atoms with Crippen LogP contribution in [0.1, 0.15) is 25.7 Å². The van der Waals surface area contributed by atoms with Crippen molar-refractivity contribution in [3.63, 3.8) is 0 Å². The van der Waals surface area contributed by atoms with Gasteiger partial charge >= 0.3 is 0 Å². The standard InChI is InChI=1S/C18H26N2O3/c1-20(18(21)7-6-14-8-10-19-11-9-14)12-15-13-22-16-4-2-3-5-17(16)23-15/h2-5,14-15,19H,6-13H2,1H3. The molecule has 3 rings (SSSR count). The molecular weight excluding hydrogens is 292 g/mol. The van der Waals surface area contributed by atoms with Gasteiger partial charge in [0, 0.05) is 13.5 Å². The molecule has 1 N–H and O–H groups in total. The summed E-state index contributed by atoms with van der Waals surface area (Å²) in [5.41, 5.74) is 0. The number of hydrogen-bond acceptors (Lipinski definition) is 4. The third-order valence-electron chi connectivity index (χ3n) is 4.70. The number of carbonyl (C=O) groups excluding carboxylic acids is 1. The lowest BCUT2D eigenvalue weighted by atomic mass is 9.93. The maximum absolute atomic E-state index is 12.3. The number of nitrogens with one attached hydrogen (secondary N) is 1. The van der Waals surface area contributed by atoms with Crippen molar-refractivity contribution in [3.05, 3.63) is 24.3 Å². The molecule has 0 spiro atoms. The lowest BCUT2D eigenvalue weighted by Gasteiger charge is -2.30. The van der Waals surface area contributed by atoms with Gasteiger partial charge in [0.1, 0.15) is 6.61 Å². The fraction of sp³-hybridized carbons (Fsp3) is 0.611. The van der Waals surface area contributed by atoms with Crippen LogP contribution in [0.3, 0.4) is 0 Å². The van der Waals surface area contributed by atoms with Crippen LogP contribution in [0.2, 0.25) is 0 Å². The first-order valence-corrected chi connectivity index (χ1v) is 8.55. The number of ether oxygens (including phenoxy) is 2. The number of piperidine rings is 1. The first kappa shape index (κ1) is 16.1. The van der Waals surface area contributed by atoms with Crippen molar-refractivity contribution in [2.45, 2.75) is 31.8 Å². The van der Waals surface area contributed by atoms with E-state index in [0.29, 0.717) is 25.5 Å². The number of rotatable bonds is 5. The van der Waals surface area contributed by atoms with Gasteiger partial charge in [0.2, 0.25) is 5.91 Å². The zero-order valence-corrected chi connectivity index (χ0v) is 13.8. The number of amides is 1. The maximum atomic E-state index is 12.3. The topological polar surface area (TPSA) is 50.8 Å². The third kappa shape index (κ3) is 4.38. The number of carbonyl (C=O) groups is 1. The Kier molecular flexibility index (Phi) is 5.39. The van der Waals surface area contributed by atoms with Crippen molar-refractivity contribution in [1.82, 2.24) is 10.2 Å². The van der Waals surface area contributed by atoms with Crippen molar-refractivity contribution in [1.29, 1.82) is 0 Å². The second-order valence-corrected chi connectivity index (χ2v) is 6.50. The maximum Gasteiger partial charge on any atom is 0.222 e. The molecule has 0 aromatic heterocycles. The summed E-state index contributed by atoms with van der Waals surface area (Å²) in [6.45, 7) is 3.23. The Morgan fingerprint density at radius 2 is 2.00 bits per heavy atom. The highest BCUT2D eigenvalue weighted by molar-refractivity contribution is 5.75. The molecule has 1 aromatic rings. The zero-order chi connectivity index (χ0) is 16.1. The Hall–Kier alpha value is -1.75. The zero-order valence-electron chi connectivity index (χ0n) is 13.8. The van der Waals surface area contributed by atoms with E-state index in [-0.39, 0.29) is 12.0 Å². The van der Waals surface area contributed by atoms with E-state index in [1.807, 2.05) is 31.3 Å². The summed E-state index contributed by atoms with van der Waals surface area (Å²) in [5, 5.41) is 3.36. The Labute approximate surface area is 137 Å². The van der Waals surface area contributed by atoms with Crippen molar-refractivity contribution in [2.75, 3.05) is 33.3 Å². The van der Waals surface area contributed by atoms with Gasteiger partial charge in [0.25, 0.3) is 0 Å². The van der Waals surface area contributed by atoms with Crippen molar-refractivity contribution >= 4 is 5.91 Å². The summed E-state index contributed by atoms with van der Waals surface area (Å²) in [7, 11) is 1.86. The fourth-order valence-electron chi connectivity index (χ4n) is 3.25. The highest BCUT2D eigenvalue weighted by Crippen LogP contribution is 2.31. The van der Waals surface area contributed by atoms with Crippen molar-refractivity contribution < 1.29 is 14.3 Å². The van der Waals surface area contributed by atoms with Gasteiger partial charge in [-0.05, 0) is 50.4 Å². The molecule has 1 aromatic carbocycles. The van der Waals surface area contributed by atoms with Gasteiger partial charge in [-0.15, -0.1) is 0 Å². The Morgan fingerprint density at radius 3 is 2.78 bits per heavy atom. The van der Waals surface area contributed by atoms with Crippen molar-refractivity contribution in [2.24, 2.45) is 5.92 Å². The second-order valence-electron chi connectivity index (χ2n) is 6.50. The molecule has 1 atom stereocenters. The first-order chi connectivity index (χ1) is 11.2. The summed E-state index contributed by atoms with van der Waals surface area (Å²) < 4.78 is 11.6. The molecule has 5 heteroatoms. The SMILES string of the molecule is CN(CC1COc2ccccc2O1)C(=O)CCC1CCNCC1. The molecule has 1 fully saturated rings. The molecule has 0 saturated carbocycles. The van der Waals surface area contributed by atoms with Crippen LogP contribution in [0, 0.1) is 5.92 Å². The fourth-order valence-corrected chi connectivity index (χ4v) is 3.25. The molecule has 0 aliphatic carbocycles. The number of likely N-dealkylation sites (N-methyl/N-ethyl adjacent to an activating group) is 1. The molecule has 2 aliphatic rings. The summed E-state index contributed by atoms with van der Waals surface area (Å²) in [6.07, 6.45) is 3.90. The Morgan fingerprint density at radius 1 is 1.26 bits per heavy atom. The molecule has 1 unspecified atom stereocenters. The molecule has 2 aliphatic heterocycles. The van der Waals surface area contributed by atoms with Crippen LogP contribution < -0.4 is 14.8 Å². The van der Waals surface area contributed by atoms with Crippen LogP contribution in [0.5, 0.6) is 11.5 Å². The van der Waals surface area contributed by atoms with E-state index in [2.05, 4.69) is 5.32 Å². The predicted molar refractivity (Wildman–Crippen MR) is 88.8 cm³/mol. The smallest absolute Gasteiger partial charge is 0.222 e. The van der Waals surface area contributed by atoms with Crippen LogP contribution in [-0.2, 0) is 4.79 Å². The number of benzene rings is 1. The molecule has 23 heavy (non-hydrogen) atoms. The Bertz CT molecular complexity index is 529. The largest absolute Gasteiger partial charge is 0.486 e. The molecule has 5 nitrogen and oxygen atoms in total. The minimum Gasteiger partial charge on any atom is -0.486 e. The third-order valence-corrected chi connectivity index (χ3v) is 4.70. The van der Waals surface area contributed by atoms with E-state index >= 15 is 0 Å². The van der Waals surface area contributed by atoms with E-state index in [4.69, 9.17) is 9.47 Å². The molecular formula is C18H26N2O3. The lowest BCUT2D eigenvalue weighted by molar-refractivity contribution is -0.131.